The van der Waals surface area contributed by atoms with Crippen LogP contribution in [0.2, 0.25) is 0 Å². The van der Waals surface area contributed by atoms with E-state index >= 15 is 0 Å². The zero-order chi connectivity index (χ0) is 19.8. The molecule has 2 aromatic carbocycles. The summed E-state index contributed by atoms with van der Waals surface area (Å²) in [5.74, 6) is 0.614. The number of halogens is 1. The Bertz CT molecular complexity index is 1040. The highest BCUT2D eigenvalue weighted by atomic mass is 19.1. The van der Waals surface area contributed by atoms with E-state index in [2.05, 4.69) is 19.2 Å². The van der Waals surface area contributed by atoms with Gasteiger partial charge in [-0.15, -0.1) is 0 Å². The fourth-order valence-electron chi connectivity index (χ4n) is 3.54. The van der Waals surface area contributed by atoms with Gasteiger partial charge >= 0.3 is 0 Å². The highest BCUT2D eigenvalue weighted by Crippen LogP contribution is 2.39. The summed E-state index contributed by atoms with van der Waals surface area (Å²) in [5.41, 5.74) is 5.26. The molecule has 1 N–H and O–H groups in total. The van der Waals surface area contributed by atoms with E-state index in [1.165, 1.54) is 12.1 Å². The standard InChI is InChI=1S/C22H22FN3O2/c1-13(2)11-26-22(15-4-7-17(23)8-5-15)21(14(3)25-26)16-6-9-19-18(10-16)24-20(27)12-28-19/h4-10,13H,11-12H2,1-3H3,(H,24,27). The van der Waals surface area contributed by atoms with Gasteiger partial charge in [-0.1, -0.05) is 19.9 Å². The zero-order valence-electron chi connectivity index (χ0n) is 16.1. The van der Waals surface area contributed by atoms with Gasteiger partial charge in [-0.05, 0) is 54.8 Å². The van der Waals surface area contributed by atoms with Crippen LogP contribution in [0.3, 0.4) is 0 Å². The first-order valence-corrected chi connectivity index (χ1v) is 9.33. The first-order valence-electron chi connectivity index (χ1n) is 9.33. The van der Waals surface area contributed by atoms with Crippen LogP contribution in [0.15, 0.2) is 42.5 Å². The van der Waals surface area contributed by atoms with Crippen LogP contribution in [0, 0.1) is 18.7 Å². The van der Waals surface area contributed by atoms with E-state index in [9.17, 15) is 9.18 Å². The molecule has 0 spiro atoms. The number of benzene rings is 2. The van der Waals surface area contributed by atoms with Crippen LogP contribution >= 0.6 is 0 Å². The first-order chi connectivity index (χ1) is 13.4. The van der Waals surface area contributed by atoms with Crippen molar-refractivity contribution in [1.82, 2.24) is 9.78 Å². The minimum Gasteiger partial charge on any atom is -0.482 e. The maximum Gasteiger partial charge on any atom is 0.262 e. The quantitative estimate of drug-likeness (QED) is 0.718. The van der Waals surface area contributed by atoms with Gasteiger partial charge in [-0.2, -0.15) is 5.10 Å². The van der Waals surface area contributed by atoms with Crippen molar-refractivity contribution in [3.05, 3.63) is 54.0 Å². The van der Waals surface area contributed by atoms with E-state index in [1.807, 2.05) is 29.8 Å². The molecular formula is C22H22FN3O2. The Morgan fingerprint density at radius 2 is 1.89 bits per heavy atom. The summed E-state index contributed by atoms with van der Waals surface area (Å²) in [6, 6.07) is 12.2. The fraction of sp³-hybridized carbons (Fsp3) is 0.273. The van der Waals surface area contributed by atoms with Gasteiger partial charge in [0.1, 0.15) is 11.6 Å². The predicted molar refractivity (Wildman–Crippen MR) is 107 cm³/mol. The van der Waals surface area contributed by atoms with Crippen LogP contribution in [0.25, 0.3) is 22.4 Å². The second-order valence-electron chi connectivity index (χ2n) is 7.44. The summed E-state index contributed by atoms with van der Waals surface area (Å²) < 4.78 is 20.9. The molecule has 1 aliphatic heterocycles. The maximum absolute atomic E-state index is 13.5. The van der Waals surface area contributed by atoms with Crippen LogP contribution in [0.4, 0.5) is 10.1 Å². The van der Waals surface area contributed by atoms with Crippen LogP contribution in [-0.2, 0) is 11.3 Å². The van der Waals surface area contributed by atoms with Crippen molar-refractivity contribution >= 4 is 11.6 Å². The summed E-state index contributed by atoms with van der Waals surface area (Å²) in [7, 11) is 0. The van der Waals surface area contributed by atoms with Crippen LogP contribution in [-0.4, -0.2) is 22.3 Å². The lowest BCUT2D eigenvalue weighted by Gasteiger charge is -2.19. The van der Waals surface area contributed by atoms with Crippen molar-refractivity contribution in [2.75, 3.05) is 11.9 Å². The number of anilines is 1. The number of fused-ring (bicyclic) bond motifs is 1. The molecule has 0 saturated heterocycles. The lowest BCUT2D eigenvalue weighted by molar-refractivity contribution is -0.118. The Kier molecular flexibility index (Phi) is 4.63. The topological polar surface area (TPSA) is 56.2 Å². The summed E-state index contributed by atoms with van der Waals surface area (Å²) in [4.78, 5) is 11.7. The van der Waals surface area contributed by atoms with Crippen LogP contribution in [0.1, 0.15) is 19.5 Å². The average molecular weight is 379 g/mol. The van der Waals surface area contributed by atoms with E-state index in [-0.39, 0.29) is 18.3 Å². The van der Waals surface area contributed by atoms with Crippen LogP contribution in [0.5, 0.6) is 5.75 Å². The zero-order valence-corrected chi connectivity index (χ0v) is 16.1. The van der Waals surface area contributed by atoms with Crippen molar-refractivity contribution in [3.8, 4) is 28.1 Å². The number of nitrogens with one attached hydrogen (secondary N) is 1. The molecule has 0 radical (unpaired) electrons. The summed E-state index contributed by atoms with van der Waals surface area (Å²) in [5, 5.41) is 7.61. The maximum atomic E-state index is 13.5. The Labute approximate surface area is 163 Å². The van der Waals surface area contributed by atoms with Gasteiger partial charge in [0, 0.05) is 17.7 Å². The highest BCUT2D eigenvalue weighted by molar-refractivity contribution is 5.97. The molecular weight excluding hydrogens is 357 g/mol. The van der Waals surface area contributed by atoms with E-state index in [0.29, 0.717) is 17.4 Å². The molecule has 28 heavy (non-hydrogen) atoms. The average Bonchev–Trinajstić information content (AvgIpc) is 2.96. The molecule has 1 aromatic heterocycles. The number of ether oxygens (including phenoxy) is 1. The number of carbonyl (C=O) groups excluding carboxylic acids is 1. The molecule has 6 heteroatoms. The van der Waals surface area contributed by atoms with E-state index in [4.69, 9.17) is 9.84 Å². The third kappa shape index (κ3) is 3.38. The highest BCUT2D eigenvalue weighted by Gasteiger charge is 2.22. The molecule has 0 unspecified atom stereocenters. The van der Waals surface area contributed by atoms with Gasteiger partial charge in [0.2, 0.25) is 0 Å². The molecule has 4 rings (SSSR count). The fourth-order valence-corrected chi connectivity index (χ4v) is 3.54. The Morgan fingerprint density at radius 1 is 1.18 bits per heavy atom. The van der Waals surface area contributed by atoms with Crippen molar-refractivity contribution in [3.63, 3.8) is 0 Å². The minimum absolute atomic E-state index is 0.0263. The number of aryl methyl sites for hydroxylation is 1. The molecule has 144 valence electrons. The Morgan fingerprint density at radius 3 is 2.61 bits per heavy atom. The minimum atomic E-state index is -0.273. The van der Waals surface area contributed by atoms with Gasteiger partial charge in [-0.3, -0.25) is 9.48 Å². The Balaban J connectivity index is 1.89. The third-order valence-corrected chi connectivity index (χ3v) is 4.68. The molecule has 1 aliphatic rings. The number of aromatic nitrogens is 2. The van der Waals surface area contributed by atoms with Crippen LogP contribution < -0.4 is 10.1 Å². The molecule has 1 amide bonds. The van der Waals surface area contributed by atoms with Crippen molar-refractivity contribution < 1.29 is 13.9 Å². The predicted octanol–water partition coefficient (Wildman–Crippen LogP) is 4.65. The van der Waals surface area contributed by atoms with E-state index < -0.39 is 0 Å². The number of hydrogen-bond acceptors (Lipinski definition) is 3. The Hall–Kier alpha value is -3.15. The van der Waals surface area contributed by atoms with Gasteiger partial charge in [0.05, 0.1) is 17.1 Å². The largest absolute Gasteiger partial charge is 0.482 e. The van der Waals surface area contributed by atoms with Crippen molar-refractivity contribution in [1.29, 1.82) is 0 Å². The van der Waals surface area contributed by atoms with Gasteiger partial charge < -0.3 is 10.1 Å². The van der Waals surface area contributed by atoms with Crippen molar-refractivity contribution in [2.24, 2.45) is 5.92 Å². The first kappa shape index (κ1) is 18.2. The number of nitrogens with zero attached hydrogens (tertiary/aromatic N) is 2. The second-order valence-corrected chi connectivity index (χ2v) is 7.44. The van der Waals surface area contributed by atoms with E-state index in [0.717, 1.165) is 34.6 Å². The molecule has 0 aliphatic carbocycles. The monoisotopic (exact) mass is 379 g/mol. The molecule has 3 aromatic rings. The summed E-state index contributed by atoms with van der Waals surface area (Å²) in [6.45, 7) is 7.01. The smallest absolute Gasteiger partial charge is 0.262 e. The number of hydrogen-bond donors (Lipinski definition) is 1. The van der Waals surface area contributed by atoms with Gasteiger partial charge in [0.25, 0.3) is 5.91 Å². The normalized spacial score (nSPS) is 13.2. The van der Waals surface area contributed by atoms with Gasteiger partial charge in [-0.25, -0.2) is 4.39 Å². The third-order valence-electron chi connectivity index (χ3n) is 4.68. The lowest BCUT2D eigenvalue weighted by atomic mass is 9.98. The molecule has 0 atom stereocenters. The van der Waals surface area contributed by atoms with Crippen molar-refractivity contribution in [2.45, 2.75) is 27.3 Å². The molecule has 0 saturated carbocycles. The molecule has 0 fully saturated rings. The number of amides is 1. The number of rotatable bonds is 4. The summed E-state index contributed by atoms with van der Waals surface area (Å²) in [6.07, 6.45) is 0. The summed E-state index contributed by atoms with van der Waals surface area (Å²) >= 11 is 0. The molecule has 2 heterocycles. The molecule has 0 bridgehead atoms. The number of carbonyl (C=O) groups is 1. The molecule has 5 nitrogen and oxygen atoms in total. The second kappa shape index (κ2) is 7.11. The lowest BCUT2D eigenvalue weighted by Crippen LogP contribution is -2.25. The van der Waals surface area contributed by atoms with Gasteiger partial charge in [0.15, 0.2) is 6.61 Å². The van der Waals surface area contributed by atoms with E-state index in [1.54, 1.807) is 12.1 Å². The SMILES string of the molecule is Cc1nn(CC(C)C)c(-c2ccc(F)cc2)c1-c1ccc2c(c1)NC(=O)CO2.